The molecule has 1 unspecified atom stereocenters. The number of halogens is 1. The van der Waals surface area contributed by atoms with Crippen LogP contribution < -0.4 is 5.32 Å². The molecule has 6 heteroatoms. The molecule has 2 rings (SSSR count). The molecule has 0 radical (unpaired) electrons. The fourth-order valence-corrected chi connectivity index (χ4v) is 2.28. The largest absolute Gasteiger partial charge is 0.359 e. The van der Waals surface area contributed by atoms with Gasteiger partial charge >= 0.3 is 0 Å². The number of likely N-dealkylation sites (tertiary alicyclic amines) is 1. The number of carbonyl (C=O) groups excluding carboxylic acids is 1. The van der Waals surface area contributed by atoms with Gasteiger partial charge in [0.1, 0.15) is 0 Å². The minimum absolute atomic E-state index is 0. The van der Waals surface area contributed by atoms with E-state index in [1.165, 1.54) is 0 Å². The summed E-state index contributed by atoms with van der Waals surface area (Å²) < 4.78 is 5.27. The fourth-order valence-electron chi connectivity index (χ4n) is 2.28. The highest BCUT2D eigenvalue weighted by Crippen LogP contribution is 2.32. The predicted molar refractivity (Wildman–Crippen MR) is 70.7 cm³/mol. The van der Waals surface area contributed by atoms with Gasteiger partial charge in [0, 0.05) is 25.6 Å². The monoisotopic (exact) mass is 273 g/mol. The Bertz CT molecular complexity index is 394. The number of nitrogens with one attached hydrogen (secondary N) is 1. The predicted octanol–water partition coefficient (Wildman–Crippen LogP) is 1.68. The summed E-state index contributed by atoms with van der Waals surface area (Å²) in [7, 11) is 1.86. The number of amides is 1. The molecule has 1 aromatic heterocycles. The molecule has 5 nitrogen and oxygen atoms in total. The van der Waals surface area contributed by atoms with Gasteiger partial charge in [-0.1, -0.05) is 5.16 Å². The Labute approximate surface area is 113 Å². The van der Waals surface area contributed by atoms with E-state index < -0.39 is 0 Å². The summed E-state index contributed by atoms with van der Waals surface area (Å²) in [5.74, 6) is 1.01. The van der Waals surface area contributed by atoms with E-state index in [0.29, 0.717) is 6.42 Å². The van der Waals surface area contributed by atoms with Crippen molar-refractivity contribution in [3.8, 4) is 0 Å². The molecule has 102 valence electrons. The normalized spacial score (nSPS) is 18.8. The molecule has 1 aromatic rings. The van der Waals surface area contributed by atoms with Crippen molar-refractivity contribution in [1.82, 2.24) is 15.4 Å². The van der Waals surface area contributed by atoms with Crippen molar-refractivity contribution in [2.75, 3.05) is 20.1 Å². The maximum Gasteiger partial charge on any atom is 0.224 e. The van der Waals surface area contributed by atoms with Gasteiger partial charge in [0.25, 0.3) is 0 Å². The first-order valence-electron chi connectivity index (χ1n) is 6.09. The van der Waals surface area contributed by atoms with Gasteiger partial charge in [-0.05, 0) is 26.8 Å². The Balaban J connectivity index is 0.00000162. The van der Waals surface area contributed by atoms with Crippen molar-refractivity contribution < 1.29 is 9.32 Å². The van der Waals surface area contributed by atoms with E-state index in [1.54, 1.807) is 0 Å². The number of carbonyl (C=O) groups is 1. The van der Waals surface area contributed by atoms with E-state index in [-0.39, 0.29) is 24.4 Å². The second-order valence-electron chi connectivity index (χ2n) is 4.47. The fraction of sp³-hybridized carbons (Fsp3) is 0.667. The zero-order valence-corrected chi connectivity index (χ0v) is 11.6. The Morgan fingerprint density at radius 1 is 1.67 bits per heavy atom. The Kier molecular flexibility index (Phi) is 5.62. The van der Waals surface area contributed by atoms with Crippen LogP contribution in [0.2, 0.25) is 0 Å². The third-order valence-corrected chi connectivity index (χ3v) is 3.14. The van der Waals surface area contributed by atoms with Gasteiger partial charge < -0.3 is 14.7 Å². The Morgan fingerprint density at radius 3 is 3.06 bits per heavy atom. The summed E-state index contributed by atoms with van der Waals surface area (Å²) in [5, 5.41) is 6.89. The van der Waals surface area contributed by atoms with E-state index in [9.17, 15) is 4.79 Å². The molecule has 1 aliphatic heterocycles. The van der Waals surface area contributed by atoms with Crippen LogP contribution in [0.15, 0.2) is 10.6 Å². The van der Waals surface area contributed by atoms with E-state index in [2.05, 4.69) is 10.5 Å². The molecule has 1 N–H and O–H groups in total. The van der Waals surface area contributed by atoms with Gasteiger partial charge in [0.05, 0.1) is 11.7 Å². The molecule has 1 amide bonds. The molecule has 1 atom stereocenters. The number of aromatic nitrogens is 1. The number of nitrogens with zero attached hydrogens (tertiary/aromatic N) is 2. The number of aryl methyl sites for hydroxylation is 1. The van der Waals surface area contributed by atoms with E-state index in [0.717, 1.165) is 37.4 Å². The van der Waals surface area contributed by atoms with Gasteiger partial charge in [-0.3, -0.25) is 4.79 Å². The third kappa shape index (κ3) is 3.23. The zero-order chi connectivity index (χ0) is 12.3. The molecule has 18 heavy (non-hydrogen) atoms. The molecule has 0 aromatic carbocycles. The lowest BCUT2D eigenvalue weighted by Crippen LogP contribution is -2.32. The second kappa shape index (κ2) is 6.75. The van der Waals surface area contributed by atoms with Crippen LogP contribution in [-0.2, 0) is 4.79 Å². The van der Waals surface area contributed by atoms with Crippen LogP contribution in [0.25, 0.3) is 0 Å². The molecule has 1 saturated heterocycles. The van der Waals surface area contributed by atoms with E-state index >= 15 is 0 Å². The lowest BCUT2D eigenvalue weighted by Gasteiger charge is -2.22. The van der Waals surface area contributed by atoms with Crippen molar-refractivity contribution in [3.05, 3.63) is 17.5 Å². The van der Waals surface area contributed by atoms with Crippen molar-refractivity contribution in [3.63, 3.8) is 0 Å². The van der Waals surface area contributed by atoms with Crippen LogP contribution in [0.4, 0.5) is 0 Å². The molecule has 1 fully saturated rings. The van der Waals surface area contributed by atoms with Gasteiger partial charge in [-0.15, -0.1) is 12.4 Å². The van der Waals surface area contributed by atoms with Crippen molar-refractivity contribution in [2.45, 2.75) is 32.2 Å². The molecule has 0 saturated carbocycles. The summed E-state index contributed by atoms with van der Waals surface area (Å²) in [5.41, 5.74) is 0.870. The number of hydrogen-bond donors (Lipinski definition) is 1. The molecule has 0 aliphatic carbocycles. The van der Waals surface area contributed by atoms with Crippen molar-refractivity contribution >= 4 is 18.3 Å². The summed E-state index contributed by atoms with van der Waals surface area (Å²) >= 11 is 0. The van der Waals surface area contributed by atoms with Crippen LogP contribution in [0, 0.1) is 6.92 Å². The van der Waals surface area contributed by atoms with Crippen molar-refractivity contribution in [1.29, 1.82) is 0 Å². The van der Waals surface area contributed by atoms with Gasteiger partial charge in [0.15, 0.2) is 5.76 Å². The maximum atomic E-state index is 12.0. The van der Waals surface area contributed by atoms with Crippen molar-refractivity contribution in [2.24, 2.45) is 0 Å². The maximum absolute atomic E-state index is 12.0. The number of hydrogen-bond acceptors (Lipinski definition) is 4. The highest BCUT2D eigenvalue weighted by Gasteiger charge is 2.31. The molecule has 0 spiro atoms. The minimum atomic E-state index is 0. The van der Waals surface area contributed by atoms with Crippen LogP contribution in [-0.4, -0.2) is 36.1 Å². The molecule has 1 aliphatic rings. The van der Waals surface area contributed by atoms with Gasteiger partial charge in [0.2, 0.25) is 5.91 Å². The first kappa shape index (κ1) is 15.0. The smallest absolute Gasteiger partial charge is 0.224 e. The molecular formula is C12H20ClN3O2. The average molecular weight is 274 g/mol. The highest BCUT2D eigenvalue weighted by molar-refractivity contribution is 5.85. The van der Waals surface area contributed by atoms with Crippen LogP contribution in [0.1, 0.15) is 36.8 Å². The Hall–Kier alpha value is -1.07. The summed E-state index contributed by atoms with van der Waals surface area (Å²) in [6, 6.07) is 2.01. The van der Waals surface area contributed by atoms with E-state index in [4.69, 9.17) is 4.52 Å². The third-order valence-electron chi connectivity index (χ3n) is 3.14. The average Bonchev–Trinajstić information content (AvgIpc) is 2.93. The van der Waals surface area contributed by atoms with Gasteiger partial charge in [-0.25, -0.2) is 0 Å². The Morgan fingerprint density at radius 2 is 2.44 bits per heavy atom. The molecular weight excluding hydrogens is 254 g/mol. The van der Waals surface area contributed by atoms with Crippen LogP contribution in [0.5, 0.6) is 0 Å². The molecule has 2 heterocycles. The topological polar surface area (TPSA) is 58.4 Å². The lowest BCUT2D eigenvalue weighted by molar-refractivity contribution is -0.132. The summed E-state index contributed by atoms with van der Waals surface area (Å²) in [6.45, 7) is 3.44. The SMILES string of the molecule is CNCCC(=O)N1CCCC1c1cc(C)no1.Cl. The molecule has 0 bridgehead atoms. The first-order chi connectivity index (χ1) is 8.22. The van der Waals surface area contributed by atoms with Crippen LogP contribution in [0.3, 0.4) is 0 Å². The minimum Gasteiger partial charge on any atom is -0.359 e. The second-order valence-corrected chi connectivity index (χ2v) is 4.47. The quantitative estimate of drug-likeness (QED) is 0.907. The highest BCUT2D eigenvalue weighted by atomic mass is 35.5. The van der Waals surface area contributed by atoms with Gasteiger partial charge in [-0.2, -0.15) is 0 Å². The standard InChI is InChI=1S/C12H19N3O2.ClH/c1-9-8-11(17-14-9)10-4-3-7-15(10)12(16)5-6-13-2;/h8,10,13H,3-7H2,1-2H3;1H. The van der Waals surface area contributed by atoms with Crippen LogP contribution >= 0.6 is 12.4 Å². The number of rotatable bonds is 4. The zero-order valence-electron chi connectivity index (χ0n) is 10.8. The van der Waals surface area contributed by atoms with E-state index in [1.807, 2.05) is 24.9 Å². The lowest BCUT2D eigenvalue weighted by atomic mass is 10.1. The first-order valence-corrected chi connectivity index (χ1v) is 6.09. The summed E-state index contributed by atoms with van der Waals surface area (Å²) in [4.78, 5) is 13.9. The summed E-state index contributed by atoms with van der Waals surface area (Å²) in [6.07, 6.45) is 2.55.